The zero-order valence-corrected chi connectivity index (χ0v) is 11.8. The van der Waals surface area contributed by atoms with Gasteiger partial charge in [-0.15, -0.1) is 0 Å². The van der Waals surface area contributed by atoms with Crippen LogP contribution in [0.3, 0.4) is 0 Å². The van der Waals surface area contributed by atoms with Crippen molar-refractivity contribution < 1.29 is 9.26 Å². The molecule has 1 fully saturated rings. The Balaban J connectivity index is 1.96. The van der Waals surface area contributed by atoms with E-state index in [1.807, 2.05) is 11.8 Å². The van der Waals surface area contributed by atoms with Crippen LogP contribution in [0, 0.1) is 0 Å². The SMILES string of the molecule is CCC(C)SCc1noc(C2(N)CCOCC2)n1. The Labute approximate surface area is 112 Å². The van der Waals surface area contributed by atoms with Crippen molar-refractivity contribution in [2.24, 2.45) is 5.73 Å². The maximum absolute atomic E-state index is 6.29. The first kappa shape index (κ1) is 13.8. The molecule has 1 aliphatic rings. The number of rotatable bonds is 5. The number of hydrogen-bond acceptors (Lipinski definition) is 6. The summed E-state index contributed by atoms with van der Waals surface area (Å²) >= 11 is 1.84. The van der Waals surface area contributed by atoms with Gasteiger partial charge >= 0.3 is 0 Å². The summed E-state index contributed by atoms with van der Waals surface area (Å²) in [5, 5.41) is 4.63. The summed E-state index contributed by atoms with van der Waals surface area (Å²) in [6.45, 7) is 5.70. The molecule has 1 aromatic heterocycles. The van der Waals surface area contributed by atoms with Crippen LogP contribution in [0.15, 0.2) is 4.52 Å². The molecule has 1 aliphatic heterocycles. The van der Waals surface area contributed by atoms with E-state index in [1.54, 1.807) is 0 Å². The Hall–Kier alpha value is -0.590. The van der Waals surface area contributed by atoms with Gasteiger partial charge in [0.1, 0.15) is 5.54 Å². The summed E-state index contributed by atoms with van der Waals surface area (Å²) in [6, 6.07) is 0. The number of ether oxygens (including phenoxy) is 1. The Morgan fingerprint density at radius 1 is 1.44 bits per heavy atom. The van der Waals surface area contributed by atoms with E-state index in [0.29, 0.717) is 24.4 Å². The van der Waals surface area contributed by atoms with Gasteiger partial charge in [0.05, 0.1) is 5.75 Å². The van der Waals surface area contributed by atoms with E-state index in [-0.39, 0.29) is 0 Å². The average Bonchev–Trinajstić information content (AvgIpc) is 2.86. The molecule has 1 unspecified atom stereocenters. The second kappa shape index (κ2) is 6.04. The first-order chi connectivity index (χ1) is 8.64. The van der Waals surface area contributed by atoms with Crippen molar-refractivity contribution in [3.05, 3.63) is 11.7 Å². The number of thioether (sulfide) groups is 1. The zero-order valence-electron chi connectivity index (χ0n) is 11.0. The fourth-order valence-corrected chi connectivity index (χ4v) is 2.59. The third kappa shape index (κ3) is 3.24. The van der Waals surface area contributed by atoms with Crippen molar-refractivity contribution in [1.29, 1.82) is 0 Å². The van der Waals surface area contributed by atoms with Gasteiger partial charge < -0.3 is 15.0 Å². The number of nitrogens with zero attached hydrogens (tertiary/aromatic N) is 2. The maximum Gasteiger partial charge on any atom is 0.246 e. The minimum atomic E-state index is -0.495. The quantitative estimate of drug-likeness (QED) is 0.883. The van der Waals surface area contributed by atoms with Gasteiger partial charge in [0, 0.05) is 18.5 Å². The molecule has 5 nitrogen and oxygen atoms in total. The molecule has 0 amide bonds. The fraction of sp³-hybridized carbons (Fsp3) is 0.833. The number of aromatic nitrogens is 2. The van der Waals surface area contributed by atoms with E-state index in [0.717, 1.165) is 30.8 Å². The van der Waals surface area contributed by atoms with E-state index in [1.165, 1.54) is 0 Å². The lowest BCUT2D eigenvalue weighted by Gasteiger charge is -2.29. The standard InChI is InChI=1S/C12H21N3O2S/c1-3-9(2)18-8-10-14-11(17-15-10)12(13)4-6-16-7-5-12/h9H,3-8,13H2,1-2H3. The largest absolute Gasteiger partial charge is 0.381 e. The lowest BCUT2D eigenvalue weighted by molar-refractivity contribution is 0.0400. The predicted octanol–water partition coefficient (Wildman–Crippen LogP) is 2.07. The van der Waals surface area contributed by atoms with Crippen molar-refractivity contribution in [1.82, 2.24) is 10.1 Å². The van der Waals surface area contributed by atoms with Gasteiger partial charge in [-0.25, -0.2) is 0 Å². The summed E-state index contributed by atoms with van der Waals surface area (Å²) in [4.78, 5) is 4.43. The molecule has 2 rings (SSSR count). The average molecular weight is 271 g/mol. The van der Waals surface area contributed by atoms with Gasteiger partial charge in [0.25, 0.3) is 0 Å². The van der Waals surface area contributed by atoms with Crippen molar-refractivity contribution in [3.63, 3.8) is 0 Å². The number of hydrogen-bond donors (Lipinski definition) is 1. The normalized spacial score (nSPS) is 20.8. The molecule has 0 aliphatic carbocycles. The molecule has 0 saturated carbocycles. The molecule has 6 heteroatoms. The Bertz CT molecular complexity index is 377. The van der Waals surface area contributed by atoms with Crippen LogP contribution in [0.25, 0.3) is 0 Å². The monoisotopic (exact) mass is 271 g/mol. The van der Waals surface area contributed by atoms with Gasteiger partial charge in [0.15, 0.2) is 5.82 Å². The molecule has 1 saturated heterocycles. The first-order valence-electron chi connectivity index (χ1n) is 6.45. The van der Waals surface area contributed by atoms with Gasteiger partial charge in [-0.05, 0) is 19.3 Å². The summed E-state index contributed by atoms with van der Waals surface area (Å²) < 4.78 is 10.6. The topological polar surface area (TPSA) is 74.2 Å². The summed E-state index contributed by atoms with van der Waals surface area (Å²) in [6.07, 6.45) is 2.63. The van der Waals surface area contributed by atoms with Crippen LogP contribution in [0.4, 0.5) is 0 Å². The Kier molecular flexibility index (Phi) is 4.64. The highest BCUT2D eigenvalue weighted by atomic mass is 32.2. The highest BCUT2D eigenvalue weighted by molar-refractivity contribution is 7.99. The molecule has 0 radical (unpaired) electrons. The van der Waals surface area contributed by atoms with Crippen molar-refractivity contribution in [2.75, 3.05) is 13.2 Å². The second-order valence-electron chi connectivity index (χ2n) is 4.81. The lowest BCUT2D eigenvalue weighted by Crippen LogP contribution is -2.42. The second-order valence-corrected chi connectivity index (χ2v) is 6.24. The molecule has 18 heavy (non-hydrogen) atoms. The van der Waals surface area contributed by atoms with Crippen LogP contribution in [-0.2, 0) is 16.0 Å². The molecule has 0 bridgehead atoms. The Morgan fingerprint density at radius 2 is 2.17 bits per heavy atom. The molecular formula is C12H21N3O2S. The van der Waals surface area contributed by atoms with Crippen LogP contribution in [0.1, 0.15) is 44.8 Å². The molecule has 0 aromatic carbocycles. The summed E-state index contributed by atoms with van der Waals surface area (Å²) in [5.41, 5.74) is 5.80. The van der Waals surface area contributed by atoms with Gasteiger partial charge in [0.2, 0.25) is 5.89 Å². The first-order valence-corrected chi connectivity index (χ1v) is 7.50. The number of nitrogens with two attached hydrogens (primary N) is 1. The lowest BCUT2D eigenvalue weighted by atomic mass is 9.91. The van der Waals surface area contributed by atoms with Gasteiger partial charge in [-0.1, -0.05) is 19.0 Å². The minimum absolute atomic E-state index is 0.495. The zero-order chi connectivity index (χ0) is 13.0. The third-order valence-electron chi connectivity index (χ3n) is 3.35. The van der Waals surface area contributed by atoms with Crippen LogP contribution in [0.5, 0.6) is 0 Å². The highest BCUT2D eigenvalue weighted by Gasteiger charge is 2.35. The van der Waals surface area contributed by atoms with E-state index < -0.39 is 5.54 Å². The molecule has 1 atom stereocenters. The smallest absolute Gasteiger partial charge is 0.246 e. The molecular weight excluding hydrogens is 250 g/mol. The van der Waals surface area contributed by atoms with E-state index in [9.17, 15) is 0 Å². The van der Waals surface area contributed by atoms with Crippen LogP contribution in [0.2, 0.25) is 0 Å². The highest BCUT2D eigenvalue weighted by Crippen LogP contribution is 2.28. The minimum Gasteiger partial charge on any atom is -0.381 e. The van der Waals surface area contributed by atoms with E-state index >= 15 is 0 Å². The fourth-order valence-electron chi connectivity index (χ4n) is 1.80. The molecule has 0 spiro atoms. The van der Waals surface area contributed by atoms with Crippen molar-refractivity contribution >= 4 is 11.8 Å². The third-order valence-corrected chi connectivity index (χ3v) is 4.68. The van der Waals surface area contributed by atoms with Gasteiger partial charge in [-0.2, -0.15) is 16.7 Å². The van der Waals surface area contributed by atoms with Gasteiger partial charge in [-0.3, -0.25) is 0 Å². The summed E-state index contributed by atoms with van der Waals surface area (Å²) in [7, 11) is 0. The Morgan fingerprint density at radius 3 is 2.83 bits per heavy atom. The molecule has 2 N–H and O–H groups in total. The van der Waals surface area contributed by atoms with E-state index in [2.05, 4.69) is 24.0 Å². The summed E-state index contributed by atoms with van der Waals surface area (Å²) in [5.74, 6) is 2.09. The molecule has 102 valence electrons. The molecule has 2 heterocycles. The van der Waals surface area contributed by atoms with Crippen LogP contribution < -0.4 is 5.73 Å². The maximum atomic E-state index is 6.29. The van der Waals surface area contributed by atoms with Crippen molar-refractivity contribution in [3.8, 4) is 0 Å². The van der Waals surface area contributed by atoms with E-state index in [4.69, 9.17) is 15.0 Å². The van der Waals surface area contributed by atoms with Crippen LogP contribution >= 0.6 is 11.8 Å². The van der Waals surface area contributed by atoms with Crippen LogP contribution in [-0.4, -0.2) is 28.6 Å². The predicted molar refractivity (Wildman–Crippen MR) is 71.3 cm³/mol. The van der Waals surface area contributed by atoms with Crippen molar-refractivity contribution in [2.45, 2.75) is 49.7 Å². The molecule has 1 aromatic rings.